The zero-order chi connectivity index (χ0) is 15.5. The van der Waals surface area contributed by atoms with E-state index in [1.165, 1.54) is 0 Å². The quantitative estimate of drug-likeness (QED) is 0.705. The van der Waals surface area contributed by atoms with Gasteiger partial charge in [0.2, 0.25) is 0 Å². The van der Waals surface area contributed by atoms with Crippen molar-refractivity contribution in [1.29, 1.82) is 0 Å². The second-order valence-corrected chi connectivity index (χ2v) is 7.71. The Labute approximate surface area is 130 Å². The maximum atomic E-state index is 12.2. The van der Waals surface area contributed by atoms with E-state index in [-0.39, 0.29) is 12.6 Å². The fourth-order valence-corrected chi connectivity index (χ4v) is 3.24. The Kier molecular flexibility index (Phi) is 5.17. The highest BCUT2D eigenvalue weighted by Gasteiger charge is 2.42. The molecule has 1 saturated carbocycles. The number of aliphatic hydroxyl groups is 1. The predicted octanol–water partition coefficient (Wildman–Crippen LogP) is 3.47. The van der Waals surface area contributed by atoms with Gasteiger partial charge in [-0.05, 0) is 37.8 Å². The summed E-state index contributed by atoms with van der Waals surface area (Å²) in [4.78, 5) is 13.3. The average molecular weight is 308 g/mol. The Bertz CT molecular complexity index is 503. The molecule has 0 heterocycles. The molecule has 1 fully saturated rings. The van der Waals surface area contributed by atoms with Crippen LogP contribution in [0.1, 0.15) is 33.6 Å². The van der Waals surface area contributed by atoms with Gasteiger partial charge in [0.15, 0.2) is 0 Å². The molecule has 2 amide bonds. The lowest BCUT2D eigenvalue weighted by atomic mass is 9.97. The van der Waals surface area contributed by atoms with Crippen molar-refractivity contribution in [2.75, 3.05) is 11.9 Å². The Morgan fingerprint density at radius 3 is 2.67 bits per heavy atom. The third-order valence-electron chi connectivity index (χ3n) is 3.70. The second kappa shape index (κ2) is 6.71. The van der Waals surface area contributed by atoms with Gasteiger partial charge in [-0.2, -0.15) is 0 Å². The number of hydrogen-bond acceptors (Lipinski definition) is 3. The Morgan fingerprint density at radius 2 is 2.10 bits per heavy atom. The van der Waals surface area contributed by atoms with E-state index in [0.29, 0.717) is 11.2 Å². The predicted molar refractivity (Wildman–Crippen MR) is 87.8 cm³/mol. The van der Waals surface area contributed by atoms with Crippen molar-refractivity contribution in [3.63, 3.8) is 0 Å². The van der Waals surface area contributed by atoms with Gasteiger partial charge in [0.1, 0.15) is 0 Å². The molecule has 21 heavy (non-hydrogen) atoms. The maximum Gasteiger partial charge on any atom is 0.319 e. The van der Waals surface area contributed by atoms with E-state index in [0.717, 1.165) is 23.4 Å². The molecule has 1 aromatic rings. The van der Waals surface area contributed by atoms with Crippen LogP contribution < -0.4 is 10.6 Å². The van der Waals surface area contributed by atoms with E-state index < -0.39 is 5.54 Å². The number of rotatable bonds is 6. The molecule has 1 aromatic carbocycles. The van der Waals surface area contributed by atoms with Crippen LogP contribution in [0.25, 0.3) is 0 Å². The van der Waals surface area contributed by atoms with E-state index in [1.807, 2.05) is 31.2 Å². The molecule has 0 radical (unpaired) electrons. The van der Waals surface area contributed by atoms with Crippen molar-refractivity contribution in [2.24, 2.45) is 5.92 Å². The van der Waals surface area contributed by atoms with Crippen LogP contribution in [0.3, 0.4) is 0 Å². The molecular formula is C16H24N2O2S. The number of benzene rings is 1. The van der Waals surface area contributed by atoms with Gasteiger partial charge >= 0.3 is 6.03 Å². The fraction of sp³-hybridized carbons (Fsp3) is 0.562. The summed E-state index contributed by atoms with van der Waals surface area (Å²) in [5.74, 6) is 0.383. The highest BCUT2D eigenvalue weighted by atomic mass is 32.2. The summed E-state index contributed by atoms with van der Waals surface area (Å²) in [5.41, 5.74) is 0.286. The number of amides is 2. The SMILES string of the molecule is CC(C)Sc1ccccc1NC(=O)NC(C)(CO)C1CC1. The number of anilines is 1. The smallest absolute Gasteiger partial charge is 0.319 e. The summed E-state index contributed by atoms with van der Waals surface area (Å²) in [7, 11) is 0. The lowest BCUT2D eigenvalue weighted by molar-refractivity contribution is 0.159. The number of thioether (sulfide) groups is 1. The van der Waals surface area contributed by atoms with E-state index in [4.69, 9.17) is 0 Å². The molecule has 0 bridgehead atoms. The molecule has 1 aliphatic rings. The molecule has 0 aromatic heterocycles. The molecule has 1 atom stereocenters. The van der Waals surface area contributed by atoms with Crippen molar-refractivity contribution in [3.05, 3.63) is 24.3 Å². The van der Waals surface area contributed by atoms with Gasteiger partial charge < -0.3 is 15.7 Å². The zero-order valence-electron chi connectivity index (χ0n) is 12.8. The normalized spacial score (nSPS) is 17.4. The maximum absolute atomic E-state index is 12.2. The van der Waals surface area contributed by atoms with Crippen LogP contribution in [0.4, 0.5) is 10.5 Å². The number of carbonyl (C=O) groups is 1. The van der Waals surface area contributed by atoms with Gasteiger partial charge in [-0.15, -0.1) is 11.8 Å². The number of hydrogen-bond donors (Lipinski definition) is 3. The first-order valence-electron chi connectivity index (χ1n) is 7.40. The van der Waals surface area contributed by atoms with E-state index in [9.17, 15) is 9.90 Å². The zero-order valence-corrected chi connectivity index (χ0v) is 13.7. The number of nitrogens with one attached hydrogen (secondary N) is 2. The molecular weight excluding hydrogens is 284 g/mol. The van der Waals surface area contributed by atoms with Gasteiger partial charge in [0.05, 0.1) is 17.8 Å². The lowest BCUT2D eigenvalue weighted by Gasteiger charge is -2.29. The van der Waals surface area contributed by atoms with Crippen LogP contribution in [0.15, 0.2) is 29.2 Å². The molecule has 2 rings (SSSR count). The highest BCUT2D eigenvalue weighted by Crippen LogP contribution is 2.39. The van der Waals surface area contributed by atoms with Gasteiger partial charge in [-0.1, -0.05) is 26.0 Å². The second-order valence-electron chi connectivity index (χ2n) is 6.09. The van der Waals surface area contributed by atoms with Crippen LogP contribution in [0.2, 0.25) is 0 Å². The van der Waals surface area contributed by atoms with Crippen LogP contribution in [0.5, 0.6) is 0 Å². The molecule has 0 spiro atoms. The Morgan fingerprint density at radius 1 is 1.43 bits per heavy atom. The number of para-hydroxylation sites is 1. The van der Waals surface area contributed by atoms with Crippen LogP contribution in [-0.2, 0) is 0 Å². The molecule has 116 valence electrons. The topological polar surface area (TPSA) is 61.4 Å². The van der Waals surface area contributed by atoms with E-state index in [2.05, 4.69) is 24.5 Å². The summed E-state index contributed by atoms with van der Waals surface area (Å²) in [6.07, 6.45) is 2.13. The molecule has 4 nitrogen and oxygen atoms in total. The molecule has 0 aliphatic heterocycles. The van der Waals surface area contributed by atoms with Crippen molar-refractivity contribution in [3.8, 4) is 0 Å². The number of carbonyl (C=O) groups excluding carboxylic acids is 1. The minimum Gasteiger partial charge on any atom is -0.394 e. The lowest BCUT2D eigenvalue weighted by Crippen LogP contribution is -2.52. The van der Waals surface area contributed by atoms with E-state index in [1.54, 1.807) is 11.8 Å². The Hall–Kier alpha value is -1.20. The summed E-state index contributed by atoms with van der Waals surface area (Å²) in [5, 5.41) is 15.8. The minimum absolute atomic E-state index is 0.0342. The van der Waals surface area contributed by atoms with Crippen molar-refractivity contribution >= 4 is 23.5 Å². The third kappa shape index (κ3) is 4.38. The largest absolute Gasteiger partial charge is 0.394 e. The van der Waals surface area contributed by atoms with Crippen molar-refractivity contribution < 1.29 is 9.90 Å². The fourth-order valence-electron chi connectivity index (χ4n) is 2.33. The standard InChI is InChI=1S/C16H24N2O2S/c1-11(2)21-14-7-5-4-6-13(14)17-15(20)18-16(3,10-19)12-8-9-12/h4-7,11-12,19H,8-10H2,1-3H3,(H2,17,18,20). The molecule has 1 aliphatic carbocycles. The molecule has 1 unspecified atom stereocenters. The van der Waals surface area contributed by atoms with Gasteiger partial charge in [0, 0.05) is 10.1 Å². The first kappa shape index (κ1) is 16.2. The first-order valence-corrected chi connectivity index (χ1v) is 8.28. The minimum atomic E-state index is -0.524. The highest BCUT2D eigenvalue weighted by molar-refractivity contribution is 8.00. The molecule has 5 heteroatoms. The van der Waals surface area contributed by atoms with Gasteiger partial charge in [-0.3, -0.25) is 0 Å². The summed E-state index contributed by atoms with van der Waals surface area (Å²) >= 11 is 1.72. The van der Waals surface area contributed by atoms with Gasteiger partial charge in [0.25, 0.3) is 0 Å². The number of aliphatic hydroxyl groups excluding tert-OH is 1. The van der Waals surface area contributed by atoms with Gasteiger partial charge in [-0.25, -0.2) is 4.79 Å². The summed E-state index contributed by atoms with van der Waals surface area (Å²) < 4.78 is 0. The average Bonchev–Trinajstić information content (AvgIpc) is 3.25. The first-order chi connectivity index (χ1) is 9.94. The summed E-state index contributed by atoms with van der Waals surface area (Å²) in [6.45, 7) is 6.11. The molecule has 3 N–H and O–H groups in total. The third-order valence-corrected chi connectivity index (χ3v) is 4.79. The van der Waals surface area contributed by atoms with Crippen LogP contribution >= 0.6 is 11.8 Å². The Balaban J connectivity index is 2.02. The monoisotopic (exact) mass is 308 g/mol. The van der Waals surface area contributed by atoms with Crippen molar-refractivity contribution in [1.82, 2.24) is 5.32 Å². The summed E-state index contributed by atoms with van der Waals surface area (Å²) in [6, 6.07) is 7.53. The van der Waals surface area contributed by atoms with Crippen LogP contribution in [-0.4, -0.2) is 28.5 Å². The van der Waals surface area contributed by atoms with E-state index >= 15 is 0 Å². The van der Waals surface area contributed by atoms with Crippen molar-refractivity contribution in [2.45, 2.75) is 49.3 Å². The van der Waals surface area contributed by atoms with Crippen LogP contribution in [0, 0.1) is 5.92 Å². The number of urea groups is 1. The molecule has 0 saturated heterocycles.